The average molecular weight is 345 g/mol. The summed E-state index contributed by atoms with van der Waals surface area (Å²) in [6, 6.07) is 7.90. The maximum atomic E-state index is 14.2. The van der Waals surface area contributed by atoms with Gasteiger partial charge in [0.25, 0.3) is 0 Å². The molecule has 0 spiro atoms. The summed E-state index contributed by atoms with van der Waals surface area (Å²) in [5.74, 6) is -3.13. The first-order valence-corrected chi connectivity index (χ1v) is 7.95. The number of anilines is 1. The van der Waals surface area contributed by atoms with Gasteiger partial charge in [-0.1, -0.05) is 18.6 Å². The molecule has 2 aromatic carbocycles. The second-order valence-electron chi connectivity index (χ2n) is 6.32. The zero-order chi connectivity index (χ0) is 18.2. The molecular formula is C19H17F2NO3. The van der Waals surface area contributed by atoms with E-state index in [0.29, 0.717) is 30.5 Å². The lowest BCUT2D eigenvalue weighted by atomic mass is 9.63. The summed E-state index contributed by atoms with van der Waals surface area (Å²) in [6.07, 6.45) is 1.37. The largest absolute Gasteiger partial charge is 0.478 e. The minimum Gasteiger partial charge on any atom is -0.478 e. The molecule has 0 unspecified atom stereocenters. The molecule has 0 heterocycles. The maximum Gasteiger partial charge on any atom is 0.335 e. The van der Waals surface area contributed by atoms with Crippen LogP contribution in [0.3, 0.4) is 0 Å². The predicted molar refractivity (Wildman–Crippen MR) is 88.7 cm³/mol. The molecule has 0 aliphatic heterocycles. The van der Waals surface area contributed by atoms with Crippen molar-refractivity contribution in [2.75, 3.05) is 5.32 Å². The smallest absolute Gasteiger partial charge is 0.335 e. The molecule has 1 fully saturated rings. The summed E-state index contributed by atoms with van der Waals surface area (Å²) >= 11 is 0. The third-order valence-corrected chi connectivity index (χ3v) is 4.82. The number of carboxylic acid groups (broad SMARTS) is 1. The third kappa shape index (κ3) is 2.88. The van der Waals surface area contributed by atoms with Crippen LogP contribution in [0.15, 0.2) is 36.4 Å². The first kappa shape index (κ1) is 17.1. The van der Waals surface area contributed by atoms with Crippen molar-refractivity contribution in [1.29, 1.82) is 0 Å². The zero-order valence-electron chi connectivity index (χ0n) is 13.6. The van der Waals surface area contributed by atoms with Crippen molar-refractivity contribution in [1.82, 2.24) is 0 Å². The SMILES string of the molecule is Cc1ccc(C(=O)O)cc1NC(=O)C1(c2c(F)cccc2F)CCC1. The lowest BCUT2D eigenvalue weighted by molar-refractivity contribution is -0.124. The minimum atomic E-state index is -1.26. The summed E-state index contributed by atoms with van der Waals surface area (Å²) < 4.78 is 28.4. The summed E-state index contributed by atoms with van der Waals surface area (Å²) in [5, 5.41) is 11.8. The Morgan fingerprint density at radius 2 is 1.76 bits per heavy atom. The molecule has 4 nitrogen and oxygen atoms in total. The quantitative estimate of drug-likeness (QED) is 0.879. The Kier molecular flexibility index (Phi) is 4.29. The molecule has 3 rings (SSSR count). The molecule has 6 heteroatoms. The van der Waals surface area contributed by atoms with Crippen LogP contribution in [0.5, 0.6) is 0 Å². The van der Waals surface area contributed by atoms with E-state index >= 15 is 0 Å². The number of amides is 1. The second-order valence-corrected chi connectivity index (χ2v) is 6.32. The Bertz CT molecular complexity index is 839. The highest BCUT2D eigenvalue weighted by Gasteiger charge is 2.49. The number of carboxylic acids is 1. The molecule has 0 saturated heterocycles. The van der Waals surface area contributed by atoms with Gasteiger partial charge in [0.15, 0.2) is 0 Å². The number of rotatable bonds is 4. The van der Waals surface area contributed by atoms with Crippen LogP contribution in [0.4, 0.5) is 14.5 Å². The number of benzene rings is 2. The Morgan fingerprint density at radius 1 is 1.12 bits per heavy atom. The molecule has 1 saturated carbocycles. The number of carbonyl (C=O) groups is 2. The van der Waals surface area contributed by atoms with E-state index in [9.17, 15) is 18.4 Å². The highest BCUT2D eigenvalue weighted by atomic mass is 19.1. The van der Waals surface area contributed by atoms with E-state index in [2.05, 4.69) is 5.32 Å². The fraction of sp³-hybridized carbons (Fsp3) is 0.263. The van der Waals surface area contributed by atoms with Gasteiger partial charge in [0.2, 0.25) is 5.91 Å². The maximum absolute atomic E-state index is 14.2. The molecule has 2 aromatic rings. The van der Waals surface area contributed by atoms with Gasteiger partial charge in [-0.3, -0.25) is 4.79 Å². The summed E-state index contributed by atoms with van der Waals surface area (Å²) in [5.41, 5.74) is -0.456. The van der Waals surface area contributed by atoms with Gasteiger partial charge in [-0.25, -0.2) is 13.6 Å². The number of halogens is 2. The van der Waals surface area contributed by atoms with E-state index < -0.39 is 28.9 Å². The van der Waals surface area contributed by atoms with Crippen LogP contribution in [0.25, 0.3) is 0 Å². The summed E-state index contributed by atoms with van der Waals surface area (Å²) in [7, 11) is 0. The molecule has 25 heavy (non-hydrogen) atoms. The van der Waals surface area contributed by atoms with E-state index in [1.807, 2.05) is 0 Å². The lowest BCUT2D eigenvalue weighted by Gasteiger charge is -2.41. The highest BCUT2D eigenvalue weighted by Crippen LogP contribution is 2.46. The fourth-order valence-electron chi connectivity index (χ4n) is 3.21. The minimum absolute atomic E-state index is 0.0284. The Morgan fingerprint density at radius 3 is 2.28 bits per heavy atom. The van der Waals surface area contributed by atoms with Crippen LogP contribution < -0.4 is 5.32 Å². The Hall–Kier alpha value is -2.76. The summed E-state index contributed by atoms with van der Waals surface area (Å²) in [6.45, 7) is 1.72. The van der Waals surface area contributed by atoms with Gasteiger partial charge in [0.05, 0.1) is 11.0 Å². The van der Waals surface area contributed by atoms with Crippen LogP contribution in [-0.2, 0) is 10.2 Å². The number of aryl methyl sites for hydroxylation is 1. The number of carbonyl (C=O) groups excluding carboxylic acids is 1. The number of hydrogen-bond acceptors (Lipinski definition) is 2. The van der Waals surface area contributed by atoms with Crippen molar-refractivity contribution in [3.05, 3.63) is 64.7 Å². The first-order chi connectivity index (χ1) is 11.8. The summed E-state index contributed by atoms with van der Waals surface area (Å²) in [4.78, 5) is 24.0. The van der Waals surface area contributed by atoms with Gasteiger partial charge < -0.3 is 10.4 Å². The van der Waals surface area contributed by atoms with Crippen molar-refractivity contribution in [2.45, 2.75) is 31.6 Å². The third-order valence-electron chi connectivity index (χ3n) is 4.82. The molecule has 2 N–H and O–H groups in total. The normalized spacial score (nSPS) is 15.3. The van der Waals surface area contributed by atoms with Crippen molar-refractivity contribution in [3.8, 4) is 0 Å². The van der Waals surface area contributed by atoms with Gasteiger partial charge in [-0.2, -0.15) is 0 Å². The molecule has 0 aromatic heterocycles. The van der Waals surface area contributed by atoms with Gasteiger partial charge in [0, 0.05) is 11.3 Å². The fourth-order valence-corrected chi connectivity index (χ4v) is 3.21. The molecule has 0 atom stereocenters. The average Bonchev–Trinajstić information content (AvgIpc) is 2.51. The predicted octanol–water partition coefficient (Wildman–Crippen LogP) is 4.03. The molecular weight excluding hydrogens is 328 g/mol. The number of aromatic carboxylic acids is 1. The van der Waals surface area contributed by atoms with Crippen LogP contribution in [-0.4, -0.2) is 17.0 Å². The highest BCUT2D eigenvalue weighted by molar-refractivity contribution is 6.01. The van der Waals surface area contributed by atoms with E-state index in [0.717, 1.165) is 12.1 Å². The lowest BCUT2D eigenvalue weighted by Crippen LogP contribution is -2.47. The molecule has 1 aliphatic rings. The van der Waals surface area contributed by atoms with Gasteiger partial charge in [-0.15, -0.1) is 0 Å². The van der Waals surface area contributed by atoms with E-state index in [1.54, 1.807) is 13.0 Å². The first-order valence-electron chi connectivity index (χ1n) is 7.95. The van der Waals surface area contributed by atoms with Crippen molar-refractivity contribution in [3.63, 3.8) is 0 Å². The monoisotopic (exact) mass is 345 g/mol. The van der Waals surface area contributed by atoms with Gasteiger partial charge in [-0.05, 0) is 49.6 Å². The second kappa shape index (κ2) is 6.27. The zero-order valence-corrected chi connectivity index (χ0v) is 13.6. The molecule has 0 bridgehead atoms. The van der Waals surface area contributed by atoms with Crippen LogP contribution in [0, 0.1) is 18.6 Å². The van der Waals surface area contributed by atoms with Crippen molar-refractivity contribution >= 4 is 17.6 Å². The standard InChI is InChI=1S/C19H17F2NO3/c1-11-6-7-12(17(23)24)10-15(11)22-18(25)19(8-3-9-19)16-13(20)4-2-5-14(16)21/h2,4-7,10H,3,8-9H2,1H3,(H,22,25)(H,23,24). The van der Waals surface area contributed by atoms with E-state index in [-0.39, 0.29) is 11.1 Å². The molecule has 0 radical (unpaired) electrons. The number of hydrogen-bond donors (Lipinski definition) is 2. The van der Waals surface area contributed by atoms with Gasteiger partial charge in [0.1, 0.15) is 11.6 Å². The Labute approximate surface area is 143 Å². The van der Waals surface area contributed by atoms with E-state index in [4.69, 9.17) is 5.11 Å². The van der Waals surface area contributed by atoms with Crippen LogP contribution in [0.1, 0.15) is 40.7 Å². The van der Waals surface area contributed by atoms with E-state index in [1.165, 1.54) is 18.2 Å². The van der Waals surface area contributed by atoms with Crippen LogP contribution in [0.2, 0.25) is 0 Å². The Balaban J connectivity index is 1.97. The molecule has 1 amide bonds. The number of nitrogens with one attached hydrogen (secondary N) is 1. The molecule has 1 aliphatic carbocycles. The van der Waals surface area contributed by atoms with Crippen molar-refractivity contribution in [2.24, 2.45) is 0 Å². The van der Waals surface area contributed by atoms with Crippen LogP contribution >= 0.6 is 0 Å². The van der Waals surface area contributed by atoms with Crippen molar-refractivity contribution < 1.29 is 23.5 Å². The van der Waals surface area contributed by atoms with Gasteiger partial charge >= 0.3 is 5.97 Å². The molecule has 130 valence electrons. The topological polar surface area (TPSA) is 66.4 Å².